The van der Waals surface area contributed by atoms with Crippen LogP contribution < -0.4 is 10.6 Å². The average Bonchev–Trinajstić information content (AvgIpc) is 2.04. The van der Waals surface area contributed by atoms with E-state index in [0.717, 1.165) is 13.0 Å². The van der Waals surface area contributed by atoms with E-state index >= 15 is 0 Å². The van der Waals surface area contributed by atoms with E-state index in [9.17, 15) is 9.59 Å². The van der Waals surface area contributed by atoms with Gasteiger partial charge in [-0.3, -0.25) is 9.59 Å². The SMILES string of the molecule is CC(C)CCNC(=O)CCNC=O. The van der Waals surface area contributed by atoms with Gasteiger partial charge in [0.05, 0.1) is 0 Å². The van der Waals surface area contributed by atoms with Crippen molar-refractivity contribution in [3.63, 3.8) is 0 Å². The summed E-state index contributed by atoms with van der Waals surface area (Å²) in [6, 6.07) is 0. The highest BCUT2D eigenvalue weighted by atomic mass is 16.1. The minimum absolute atomic E-state index is 0.00463. The van der Waals surface area contributed by atoms with Gasteiger partial charge in [0, 0.05) is 19.5 Å². The molecule has 0 bridgehead atoms. The van der Waals surface area contributed by atoms with Crippen molar-refractivity contribution in [2.45, 2.75) is 26.7 Å². The summed E-state index contributed by atoms with van der Waals surface area (Å²) in [6.07, 6.45) is 1.95. The van der Waals surface area contributed by atoms with Crippen molar-refractivity contribution in [2.24, 2.45) is 5.92 Å². The molecule has 0 aromatic rings. The van der Waals surface area contributed by atoms with Gasteiger partial charge in [-0.1, -0.05) is 13.8 Å². The van der Waals surface area contributed by atoms with E-state index in [1.54, 1.807) is 0 Å². The molecule has 13 heavy (non-hydrogen) atoms. The zero-order valence-electron chi connectivity index (χ0n) is 8.30. The van der Waals surface area contributed by atoms with Crippen molar-refractivity contribution in [3.8, 4) is 0 Å². The minimum atomic E-state index is -0.00463. The van der Waals surface area contributed by atoms with Crippen molar-refractivity contribution in [1.29, 1.82) is 0 Å². The molecule has 4 heteroatoms. The Morgan fingerprint density at radius 2 is 2.08 bits per heavy atom. The van der Waals surface area contributed by atoms with Crippen LogP contribution in [0.25, 0.3) is 0 Å². The Hall–Kier alpha value is -1.06. The molecule has 0 aliphatic carbocycles. The number of hydrogen-bond acceptors (Lipinski definition) is 2. The van der Waals surface area contributed by atoms with Crippen LogP contribution in [0.2, 0.25) is 0 Å². The van der Waals surface area contributed by atoms with Gasteiger partial charge in [-0.15, -0.1) is 0 Å². The Bertz CT molecular complexity index is 158. The van der Waals surface area contributed by atoms with Crippen LogP contribution in [0, 0.1) is 5.92 Å². The van der Waals surface area contributed by atoms with Crippen LogP contribution in [0.1, 0.15) is 26.7 Å². The average molecular weight is 186 g/mol. The van der Waals surface area contributed by atoms with E-state index in [1.165, 1.54) is 0 Å². The fourth-order valence-electron chi connectivity index (χ4n) is 0.833. The molecule has 2 N–H and O–H groups in total. The van der Waals surface area contributed by atoms with Gasteiger partial charge in [-0.2, -0.15) is 0 Å². The second-order valence-corrected chi connectivity index (χ2v) is 3.35. The molecule has 0 aliphatic rings. The summed E-state index contributed by atoms with van der Waals surface area (Å²) in [5.74, 6) is 0.600. The molecule has 0 spiro atoms. The lowest BCUT2D eigenvalue weighted by Gasteiger charge is -2.06. The Morgan fingerprint density at radius 1 is 1.38 bits per heavy atom. The van der Waals surface area contributed by atoms with Crippen LogP contribution in [0.4, 0.5) is 0 Å². The maximum atomic E-state index is 11.0. The summed E-state index contributed by atoms with van der Waals surface area (Å²) >= 11 is 0. The molecule has 0 aromatic heterocycles. The predicted octanol–water partition coefficient (Wildman–Crippen LogP) is 0.285. The first kappa shape index (κ1) is 11.9. The summed E-state index contributed by atoms with van der Waals surface area (Å²) in [5, 5.41) is 5.21. The van der Waals surface area contributed by atoms with E-state index in [1.807, 2.05) is 0 Å². The molecule has 4 nitrogen and oxygen atoms in total. The van der Waals surface area contributed by atoms with E-state index in [-0.39, 0.29) is 5.91 Å². The van der Waals surface area contributed by atoms with E-state index in [0.29, 0.717) is 25.3 Å². The Morgan fingerprint density at radius 3 is 2.62 bits per heavy atom. The molecule has 0 aliphatic heterocycles. The zero-order valence-corrected chi connectivity index (χ0v) is 8.30. The van der Waals surface area contributed by atoms with Crippen molar-refractivity contribution in [3.05, 3.63) is 0 Å². The lowest BCUT2D eigenvalue weighted by atomic mass is 10.1. The third-order valence-electron chi connectivity index (χ3n) is 1.62. The molecular formula is C9H18N2O2. The highest BCUT2D eigenvalue weighted by Crippen LogP contribution is 1.96. The van der Waals surface area contributed by atoms with Crippen LogP contribution >= 0.6 is 0 Å². The summed E-state index contributed by atoms with van der Waals surface area (Å²) < 4.78 is 0. The molecule has 0 saturated carbocycles. The van der Waals surface area contributed by atoms with Gasteiger partial charge in [0.15, 0.2) is 0 Å². The smallest absolute Gasteiger partial charge is 0.221 e. The number of carbonyl (C=O) groups excluding carboxylic acids is 2. The first-order valence-electron chi connectivity index (χ1n) is 4.60. The first-order chi connectivity index (χ1) is 6.16. The molecule has 0 radical (unpaired) electrons. The molecule has 0 heterocycles. The predicted molar refractivity (Wildman–Crippen MR) is 51.1 cm³/mol. The standard InChI is InChI=1S/C9H18N2O2/c1-8(2)3-6-11-9(13)4-5-10-7-12/h7-8H,3-6H2,1-2H3,(H,10,12)(H,11,13). The van der Waals surface area contributed by atoms with Gasteiger partial charge in [-0.25, -0.2) is 0 Å². The van der Waals surface area contributed by atoms with Crippen LogP contribution in [-0.2, 0) is 9.59 Å². The Labute approximate surface area is 79.1 Å². The highest BCUT2D eigenvalue weighted by molar-refractivity contribution is 5.76. The molecule has 0 aromatic carbocycles. The van der Waals surface area contributed by atoms with Crippen LogP contribution in [0.15, 0.2) is 0 Å². The molecule has 0 fully saturated rings. The maximum Gasteiger partial charge on any atom is 0.221 e. The van der Waals surface area contributed by atoms with E-state index in [4.69, 9.17) is 0 Å². The third kappa shape index (κ3) is 8.85. The lowest BCUT2D eigenvalue weighted by Crippen LogP contribution is -2.28. The topological polar surface area (TPSA) is 58.2 Å². The van der Waals surface area contributed by atoms with Crippen molar-refractivity contribution < 1.29 is 9.59 Å². The van der Waals surface area contributed by atoms with Gasteiger partial charge in [0.2, 0.25) is 12.3 Å². The second kappa shape index (κ2) is 7.58. The van der Waals surface area contributed by atoms with Gasteiger partial charge in [0.1, 0.15) is 0 Å². The maximum absolute atomic E-state index is 11.0. The fraction of sp³-hybridized carbons (Fsp3) is 0.778. The van der Waals surface area contributed by atoms with Crippen molar-refractivity contribution in [2.75, 3.05) is 13.1 Å². The molecule has 0 rings (SSSR count). The van der Waals surface area contributed by atoms with Gasteiger partial charge in [-0.05, 0) is 12.3 Å². The summed E-state index contributed by atoms with van der Waals surface area (Å²) in [7, 11) is 0. The van der Waals surface area contributed by atoms with Crippen LogP contribution in [0.5, 0.6) is 0 Å². The number of nitrogens with one attached hydrogen (secondary N) is 2. The molecule has 0 atom stereocenters. The number of hydrogen-bond donors (Lipinski definition) is 2. The van der Waals surface area contributed by atoms with Gasteiger partial charge < -0.3 is 10.6 Å². The Kier molecular flexibility index (Phi) is 6.96. The normalized spacial score (nSPS) is 9.77. The van der Waals surface area contributed by atoms with E-state index < -0.39 is 0 Å². The summed E-state index contributed by atoms with van der Waals surface area (Å²) in [5.41, 5.74) is 0. The van der Waals surface area contributed by atoms with Crippen LogP contribution in [0.3, 0.4) is 0 Å². The number of rotatable bonds is 7. The highest BCUT2D eigenvalue weighted by Gasteiger charge is 1.99. The molecule has 0 saturated heterocycles. The quantitative estimate of drug-likeness (QED) is 0.443. The molecule has 2 amide bonds. The number of amides is 2. The van der Waals surface area contributed by atoms with Crippen molar-refractivity contribution >= 4 is 12.3 Å². The second-order valence-electron chi connectivity index (χ2n) is 3.35. The minimum Gasteiger partial charge on any atom is -0.358 e. The molecule has 0 unspecified atom stereocenters. The third-order valence-corrected chi connectivity index (χ3v) is 1.62. The molecular weight excluding hydrogens is 168 g/mol. The number of carbonyl (C=O) groups is 2. The zero-order chi connectivity index (χ0) is 10.1. The lowest BCUT2D eigenvalue weighted by molar-refractivity contribution is -0.121. The largest absolute Gasteiger partial charge is 0.358 e. The Balaban J connectivity index is 3.25. The monoisotopic (exact) mass is 186 g/mol. The van der Waals surface area contributed by atoms with E-state index in [2.05, 4.69) is 24.5 Å². The fourth-order valence-corrected chi connectivity index (χ4v) is 0.833. The summed E-state index contributed by atoms with van der Waals surface area (Å²) in [6.45, 7) is 5.36. The first-order valence-corrected chi connectivity index (χ1v) is 4.60. The summed E-state index contributed by atoms with van der Waals surface area (Å²) in [4.78, 5) is 20.9. The van der Waals surface area contributed by atoms with Gasteiger partial charge in [0.25, 0.3) is 0 Å². The molecule has 76 valence electrons. The van der Waals surface area contributed by atoms with Gasteiger partial charge >= 0.3 is 0 Å². The van der Waals surface area contributed by atoms with Crippen molar-refractivity contribution in [1.82, 2.24) is 10.6 Å². The van der Waals surface area contributed by atoms with Crippen LogP contribution in [-0.4, -0.2) is 25.4 Å².